The maximum atomic E-state index is 5.62. The van der Waals surface area contributed by atoms with E-state index in [4.69, 9.17) is 11.6 Å². The number of hydrogen-bond acceptors (Lipinski definition) is 7. The lowest BCUT2D eigenvalue weighted by atomic mass is 10.1. The number of anilines is 3. The molecule has 114 valence electrons. The van der Waals surface area contributed by atoms with Crippen LogP contribution in [0, 0.1) is 0 Å². The Bertz CT molecular complexity index is 392. The van der Waals surface area contributed by atoms with Gasteiger partial charge in [0.1, 0.15) is 11.6 Å². The van der Waals surface area contributed by atoms with E-state index in [2.05, 4.69) is 46.4 Å². The zero-order chi connectivity index (χ0) is 15.0. The first-order valence-electron chi connectivity index (χ1n) is 7.19. The van der Waals surface area contributed by atoms with Crippen molar-refractivity contribution in [3.63, 3.8) is 0 Å². The van der Waals surface area contributed by atoms with E-state index >= 15 is 0 Å². The van der Waals surface area contributed by atoms with Crippen LogP contribution in [-0.4, -0.2) is 40.5 Å². The smallest absolute Gasteiger partial charge is 0.223 e. The van der Waals surface area contributed by atoms with Crippen LogP contribution < -0.4 is 22.3 Å². The van der Waals surface area contributed by atoms with E-state index in [1.165, 1.54) is 0 Å². The number of hydrazine groups is 1. The Morgan fingerprint density at radius 2 is 1.90 bits per heavy atom. The lowest BCUT2D eigenvalue weighted by Gasteiger charge is -2.20. The number of nitrogen functional groups attached to an aromatic ring is 2. The van der Waals surface area contributed by atoms with E-state index in [1.54, 1.807) is 6.07 Å². The van der Waals surface area contributed by atoms with E-state index in [1.807, 2.05) is 0 Å². The quantitative estimate of drug-likeness (QED) is 0.399. The number of hydrogen-bond donors (Lipinski definition) is 4. The second kappa shape index (κ2) is 8.55. The lowest BCUT2D eigenvalue weighted by molar-refractivity contribution is 0.295. The van der Waals surface area contributed by atoms with Gasteiger partial charge < -0.3 is 21.4 Å². The molecule has 1 atom stereocenters. The van der Waals surface area contributed by atoms with E-state index in [0.717, 1.165) is 32.5 Å². The zero-order valence-electron chi connectivity index (χ0n) is 12.7. The minimum atomic E-state index is 0.207. The Labute approximate surface area is 121 Å². The van der Waals surface area contributed by atoms with Crippen molar-refractivity contribution in [1.82, 2.24) is 14.9 Å². The average Bonchev–Trinajstić information content (AvgIpc) is 2.42. The molecule has 1 heterocycles. The fraction of sp³-hybridized carbons (Fsp3) is 0.692. The minimum Gasteiger partial charge on any atom is -0.368 e. The molecule has 0 spiro atoms. The largest absolute Gasteiger partial charge is 0.368 e. The van der Waals surface area contributed by atoms with Gasteiger partial charge in [0.2, 0.25) is 5.95 Å². The molecule has 1 rings (SSSR count). The summed E-state index contributed by atoms with van der Waals surface area (Å²) in [7, 11) is 0. The first-order chi connectivity index (χ1) is 9.58. The van der Waals surface area contributed by atoms with Crippen LogP contribution in [0.4, 0.5) is 17.6 Å². The summed E-state index contributed by atoms with van der Waals surface area (Å²) >= 11 is 0. The topological polar surface area (TPSA) is 105 Å². The van der Waals surface area contributed by atoms with Gasteiger partial charge in [-0.15, -0.1) is 0 Å². The van der Waals surface area contributed by atoms with Crippen molar-refractivity contribution in [2.24, 2.45) is 5.84 Å². The van der Waals surface area contributed by atoms with Crippen molar-refractivity contribution in [2.45, 2.75) is 39.7 Å². The van der Waals surface area contributed by atoms with Gasteiger partial charge >= 0.3 is 0 Å². The molecule has 0 bridgehead atoms. The second-order valence-electron chi connectivity index (χ2n) is 4.86. The Balaban J connectivity index is 2.42. The number of rotatable bonds is 9. The predicted octanol–water partition coefficient (Wildman–Crippen LogP) is 1.27. The van der Waals surface area contributed by atoms with Gasteiger partial charge in [0, 0.05) is 12.1 Å². The third kappa shape index (κ3) is 5.58. The number of nitrogens with one attached hydrogen (secondary N) is 2. The summed E-state index contributed by atoms with van der Waals surface area (Å²) in [5.41, 5.74) is 8.10. The first kappa shape index (κ1) is 16.5. The van der Waals surface area contributed by atoms with Crippen molar-refractivity contribution in [2.75, 3.05) is 36.1 Å². The van der Waals surface area contributed by atoms with Crippen LogP contribution in [0.5, 0.6) is 0 Å². The fourth-order valence-corrected chi connectivity index (χ4v) is 2.10. The lowest BCUT2D eigenvalue weighted by Crippen LogP contribution is -2.26. The maximum absolute atomic E-state index is 5.62. The van der Waals surface area contributed by atoms with E-state index < -0.39 is 0 Å². The summed E-state index contributed by atoms with van der Waals surface area (Å²) in [5.74, 6) is 6.74. The van der Waals surface area contributed by atoms with Crippen LogP contribution in [0.3, 0.4) is 0 Å². The highest BCUT2D eigenvalue weighted by Gasteiger charge is 2.07. The van der Waals surface area contributed by atoms with Crippen molar-refractivity contribution in [1.29, 1.82) is 0 Å². The van der Waals surface area contributed by atoms with Crippen molar-refractivity contribution in [3.05, 3.63) is 6.07 Å². The van der Waals surface area contributed by atoms with Crippen LogP contribution in [0.2, 0.25) is 0 Å². The van der Waals surface area contributed by atoms with Crippen LogP contribution >= 0.6 is 0 Å². The summed E-state index contributed by atoms with van der Waals surface area (Å²) in [6.45, 7) is 9.85. The molecule has 7 nitrogen and oxygen atoms in total. The summed E-state index contributed by atoms with van der Waals surface area (Å²) in [4.78, 5) is 10.5. The average molecular weight is 281 g/mol. The Hall–Kier alpha value is -1.60. The van der Waals surface area contributed by atoms with Crippen LogP contribution in [0.25, 0.3) is 0 Å². The molecule has 0 aliphatic heterocycles. The summed E-state index contributed by atoms with van der Waals surface area (Å²) in [5, 5.41) is 3.32. The molecule has 0 amide bonds. The van der Waals surface area contributed by atoms with Gasteiger partial charge in [-0.2, -0.15) is 9.97 Å². The van der Waals surface area contributed by atoms with Crippen LogP contribution in [0.1, 0.15) is 33.6 Å². The molecule has 1 aromatic rings. The third-order valence-electron chi connectivity index (χ3n) is 3.29. The molecule has 20 heavy (non-hydrogen) atoms. The molecule has 1 aromatic heterocycles. The SMILES string of the molecule is CCN(CC)CCCC(C)Nc1cc(NN)nc(N)n1. The summed E-state index contributed by atoms with van der Waals surface area (Å²) in [6, 6.07) is 2.07. The number of nitrogens with two attached hydrogens (primary N) is 2. The maximum Gasteiger partial charge on any atom is 0.223 e. The molecule has 7 heteroatoms. The van der Waals surface area contributed by atoms with E-state index in [9.17, 15) is 0 Å². The number of nitrogens with zero attached hydrogens (tertiary/aromatic N) is 3. The third-order valence-corrected chi connectivity index (χ3v) is 3.29. The van der Waals surface area contributed by atoms with Gasteiger partial charge in [-0.05, 0) is 39.4 Å². The first-order valence-corrected chi connectivity index (χ1v) is 7.19. The van der Waals surface area contributed by atoms with Gasteiger partial charge in [0.15, 0.2) is 0 Å². The van der Waals surface area contributed by atoms with E-state index in [-0.39, 0.29) is 5.95 Å². The Kier molecular flexibility index (Phi) is 7.03. The predicted molar refractivity (Wildman–Crippen MR) is 84.4 cm³/mol. The summed E-state index contributed by atoms with van der Waals surface area (Å²) < 4.78 is 0. The molecular formula is C13H27N7. The van der Waals surface area contributed by atoms with Crippen molar-refractivity contribution >= 4 is 17.6 Å². The second-order valence-corrected chi connectivity index (χ2v) is 4.86. The van der Waals surface area contributed by atoms with Gasteiger partial charge in [-0.3, -0.25) is 0 Å². The molecule has 0 saturated carbocycles. The zero-order valence-corrected chi connectivity index (χ0v) is 12.7. The van der Waals surface area contributed by atoms with Crippen molar-refractivity contribution in [3.8, 4) is 0 Å². The molecule has 0 radical (unpaired) electrons. The van der Waals surface area contributed by atoms with Gasteiger partial charge in [-0.1, -0.05) is 13.8 Å². The number of aromatic nitrogens is 2. The standard InChI is InChI=1S/C13H27N7/c1-4-20(5-2)8-6-7-10(3)16-11-9-12(19-15)18-13(14)17-11/h9-10H,4-8,15H2,1-3H3,(H4,14,16,17,18,19). The molecule has 1 unspecified atom stereocenters. The van der Waals surface area contributed by atoms with Crippen molar-refractivity contribution < 1.29 is 0 Å². The minimum absolute atomic E-state index is 0.207. The highest BCUT2D eigenvalue weighted by molar-refractivity contribution is 5.50. The Morgan fingerprint density at radius 3 is 2.50 bits per heavy atom. The van der Waals surface area contributed by atoms with Gasteiger partial charge in [0.05, 0.1) is 0 Å². The monoisotopic (exact) mass is 281 g/mol. The molecule has 6 N–H and O–H groups in total. The normalized spacial score (nSPS) is 12.4. The molecule has 0 aliphatic rings. The molecule has 0 saturated heterocycles. The van der Waals surface area contributed by atoms with Crippen LogP contribution in [0.15, 0.2) is 6.07 Å². The fourth-order valence-electron chi connectivity index (χ4n) is 2.10. The molecular weight excluding hydrogens is 254 g/mol. The van der Waals surface area contributed by atoms with E-state index in [0.29, 0.717) is 17.7 Å². The Morgan fingerprint density at radius 1 is 1.25 bits per heavy atom. The molecule has 0 aromatic carbocycles. The summed E-state index contributed by atoms with van der Waals surface area (Å²) in [6.07, 6.45) is 2.23. The van der Waals surface area contributed by atoms with Gasteiger partial charge in [0.25, 0.3) is 0 Å². The molecule has 0 fully saturated rings. The van der Waals surface area contributed by atoms with Crippen LogP contribution in [-0.2, 0) is 0 Å². The highest BCUT2D eigenvalue weighted by atomic mass is 15.3. The van der Waals surface area contributed by atoms with Gasteiger partial charge in [-0.25, -0.2) is 5.84 Å². The molecule has 0 aliphatic carbocycles. The highest BCUT2D eigenvalue weighted by Crippen LogP contribution is 2.13.